The summed E-state index contributed by atoms with van der Waals surface area (Å²) in [7, 11) is 0. The van der Waals surface area contributed by atoms with Crippen LogP contribution < -0.4 is 0 Å². The molecule has 0 aliphatic carbocycles. The largest absolute Gasteiger partial charge is 0.365 e. The van der Waals surface area contributed by atoms with E-state index in [2.05, 4.69) is 20.2 Å². The topological polar surface area (TPSA) is 84.0 Å². The minimum absolute atomic E-state index is 0.00795. The van der Waals surface area contributed by atoms with Crippen molar-refractivity contribution in [1.82, 2.24) is 25.1 Å². The van der Waals surface area contributed by atoms with Gasteiger partial charge in [0.25, 0.3) is 5.91 Å². The maximum Gasteiger partial charge on any atom is 0.273 e. The van der Waals surface area contributed by atoms with Crippen molar-refractivity contribution in [2.75, 3.05) is 13.1 Å². The van der Waals surface area contributed by atoms with E-state index in [0.29, 0.717) is 18.2 Å². The van der Waals surface area contributed by atoms with Crippen LogP contribution in [0.1, 0.15) is 46.1 Å². The zero-order chi connectivity index (χ0) is 16.0. The molecule has 0 saturated carbocycles. The molecule has 2 saturated heterocycles. The fourth-order valence-electron chi connectivity index (χ4n) is 3.41. The first-order chi connectivity index (χ1) is 11.1. The van der Waals surface area contributed by atoms with Crippen molar-refractivity contribution in [3.05, 3.63) is 27.7 Å². The highest BCUT2D eigenvalue weighted by Gasteiger charge is 2.42. The highest BCUT2D eigenvalue weighted by Crippen LogP contribution is 2.40. The number of piperidine rings is 1. The van der Waals surface area contributed by atoms with Gasteiger partial charge >= 0.3 is 0 Å². The number of likely N-dealkylation sites (tertiary alicyclic amines) is 1. The number of carbonyl (C=O) groups is 1. The number of amides is 1. The summed E-state index contributed by atoms with van der Waals surface area (Å²) in [6.45, 7) is 5.19. The van der Waals surface area contributed by atoms with Crippen LogP contribution >= 0.6 is 11.3 Å². The van der Waals surface area contributed by atoms with Gasteiger partial charge in [0, 0.05) is 18.5 Å². The molecule has 3 atom stereocenters. The second-order valence-corrected chi connectivity index (χ2v) is 7.29. The number of nitrogens with one attached hydrogen (secondary N) is 1. The van der Waals surface area contributed by atoms with Gasteiger partial charge in [-0.05, 0) is 32.6 Å². The molecule has 1 N–H and O–H groups in total. The molecule has 0 radical (unpaired) electrons. The Hall–Kier alpha value is -1.80. The van der Waals surface area contributed by atoms with Gasteiger partial charge in [0.05, 0.1) is 11.1 Å². The van der Waals surface area contributed by atoms with Gasteiger partial charge in [-0.25, -0.2) is 9.97 Å². The summed E-state index contributed by atoms with van der Waals surface area (Å²) in [4.78, 5) is 23.1. The van der Waals surface area contributed by atoms with Crippen LogP contribution in [-0.2, 0) is 4.74 Å². The van der Waals surface area contributed by atoms with E-state index < -0.39 is 0 Å². The van der Waals surface area contributed by atoms with E-state index in [1.165, 1.54) is 11.3 Å². The smallest absolute Gasteiger partial charge is 0.273 e. The van der Waals surface area contributed by atoms with E-state index in [9.17, 15) is 4.79 Å². The Bertz CT molecular complexity index is 727. The third-order valence-corrected chi connectivity index (χ3v) is 5.35. The van der Waals surface area contributed by atoms with E-state index >= 15 is 0 Å². The number of H-pyrrole nitrogens is 1. The van der Waals surface area contributed by atoms with Gasteiger partial charge in [-0.3, -0.25) is 9.89 Å². The fourth-order valence-corrected chi connectivity index (χ4v) is 4.00. The van der Waals surface area contributed by atoms with Crippen LogP contribution in [0.25, 0.3) is 0 Å². The summed E-state index contributed by atoms with van der Waals surface area (Å²) in [6, 6.07) is 0. The summed E-state index contributed by atoms with van der Waals surface area (Å²) < 4.78 is 6.13. The zero-order valence-electron chi connectivity index (χ0n) is 13.2. The van der Waals surface area contributed by atoms with Crippen LogP contribution in [0.2, 0.25) is 0 Å². The monoisotopic (exact) mass is 333 g/mol. The van der Waals surface area contributed by atoms with Crippen molar-refractivity contribution in [1.29, 1.82) is 0 Å². The van der Waals surface area contributed by atoms with Gasteiger partial charge in [0.15, 0.2) is 5.82 Å². The summed E-state index contributed by atoms with van der Waals surface area (Å²) >= 11 is 1.51. The average Bonchev–Trinajstić information content (AvgIpc) is 3.24. The minimum Gasteiger partial charge on any atom is -0.365 e. The summed E-state index contributed by atoms with van der Waals surface area (Å²) in [5.74, 6) is 2.01. The maximum absolute atomic E-state index is 12.5. The second kappa shape index (κ2) is 5.68. The molecule has 4 rings (SSSR count). The number of nitrogens with zero attached hydrogens (tertiary/aromatic N) is 4. The van der Waals surface area contributed by atoms with Gasteiger partial charge in [0.1, 0.15) is 17.6 Å². The van der Waals surface area contributed by atoms with Gasteiger partial charge in [-0.15, -0.1) is 11.3 Å². The third-order valence-electron chi connectivity index (χ3n) is 4.58. The average molecular weight is 333 g/mol. The van der Waals surface area contributed by atoms with E-state index in [1.807, 2.05) is 24.1 Å². The molecule has 4 heterocycles. The lowest BCUT2D eigenvalue weighted by molar-refractivity contribution is -0.00696. The normalized spacial score (nSPS) is 27.2. The van der Waals surface area contributed by atoms with Crippen molar-refractivity contribution < 1.29 is 9.53 Å². The Kier molecular flexibility index (Phi) is 3.65. The number of rotatable bonds is 2. The molecule has 122 valence electrons. The van der Waals surface area contributed by atoms with E-state index in [0.717, 1.165) is 36.0 Å². The van der Waals surface area contributed by atoms with E-state index in [4.69, 9.17) is 4.74 Å². The lowest BCUT2D eigenvalue weighted by Gasteiger charge is -2.33. The Morgan fingerprint density at radius 2 is 2.30 bits per heavy atom. The Morgan fingerprint density at radius 1 is 1.43 bits per heavy atom. The number of hydrogen-bond acceptors (Lipinski definition) is 6. The predicted molar refractivity (Wildman–Crippen MR) is 84.2 cm³/mol. The van der Waals surface area contributed by atoms with Crippen LogP contribution in [-0.4, -0.2) is 50.2 Å². The number of ether oxygens (including phenoxy) is 1. The van der Waals surface area contributed by atoms with Crippen molar-refractivity contribution in [2.24, 2.45) is 5.92 Å². The second-order valence-electron chi connectivity index (χ2n) is 6.23. The molecule has 2 aliphatic heterocycles. The number of aromatic amines is 1. The maximum atomic E-state index is 12.5. The van der Waals surface area contributed by atoms with Crippen molar-refractivity contribution in [3.8, 4) is 0 Å². The van der Waals surface area contributed by atoms with Gasteiger partial charge in [-0.1, -0.05) is 0 Å². The van der Waals surface area contributed by atoms with Crippen LogP contribution in [0, 0.1) is 19.8 Å². The Labute approximate surface area is 138 Å². The third kappa shape index (κ3) is 2.76. The molecule has 0 bridgehead atoms. The molecule has 1 amide bonds. The zero-order valence-corrected chi connectivity index (χ0v) is 14.0. The molecular weight excluding hydrogens is 314 g/mol. The molecule has 23 heavy (non-hydrogen) atoms. The summed E-state index contributed by atoms with van der Waals surface area (Å²) in [6.07, 6.45) is 1.89. The molecule has 2 aromatic heterocycles. The number of thiazole rings is 1. The molecule has 0 spiro atoms. The van der Waals surface area contributed by atoms with Crippen molar-refractivity contribution in [3.63, 3.8) is 0 Å². The number of aromatic nitrogens is 4. The number of hydrogen-bond donors (Lipinski definition) is 1. The molecular formula is C15H19N5O2S. The number of carbonyl (C=O) groups excluding carboxylic acids is 1. The van der Waals surface area contributed by atoms with Gasteiger partial charge in [0.2, 0.25) is 0 Å². The SMILES string of the molecule is Cc1nc([C@H]2CC3CCN(C(=O)c4csc(C)n4)C[C@H]3O2)n[nH]1. The molecule has 2 fully saturated rings. The summed E-state index contributed by atoms with van der Waals surface area (Å²) in [5, 5.41) is 9.82. The molecule has 2 aliphatic rings. The highest BCUT2D eigenvalue weighted by atomic mass is 32.1. The van der Waals surface area contributed by atoms with Crippen molar-refractivity contribution >= 4 is 17.2 Å². The molecule has 2 aromatic rings. The molecule has 8 heteroatoms. The first-order valence-electron chi connectivity index (χ1n) is 7.86. The highest BCUT2D eigenvalue weighted by molar-refractivity contribution is 7.09. The predicted octanol–water partition coefficient (Wildman–Crippen LogP) is 1.87. The Balaban J connectivity index is 1.44. The van der Waals surface area contributed by atoms with Crippen LogP contribution in [0.5, 0.6) is 0 Å². The standard InChI is InChI=1S/C15H19N5O2S/c1-8-16-14(19-18-8)12-5-10-3-4-20(6-13(10)22-12)15(21)11-7-23-9(2)17-11/h7,10,12-13H,3-6H2,1-2H3,(H,16,18,19)/t10?,12-,13-/m1/s1. The van der Waals surface area contributed by atoms with Gasteiger partial charge < -0.3 is 9.64 Å². The van der Waals surface area contributed by atoms with E-state index in [1.54, 1.807) is 0 Å². The molecule has 1 unspecified atom stereocenters. The quantitative estimate of drug-likeness (QED) is 0.907. The van der Waals surface area contributed by atoms with Crippen LogP contribution in [0.15, 0.2) is 5.38 Å². The van der Waals surface area contributed by atoms with Crippen molar-refractivity contribution in [2.45, 2.75) is 38.9 Å². The fraction of sp³-hybridized carbons (Fsp3) is 0.600. The Morgan fingerprint density at radius 3 is 3.00 bits per heavy atom. The first-order valence-corrected chi connectivity index (χ1v) is 8.74. The lowest BCUT2D eigenvalue weighted by Crippen LogP contribution is -2.45. The summed E-state index contributed by atoms with van der Waals surface area (Å²) in [5.41, 5.74) is 0.546. The van der Waals surface area contributed by atoms with E-state index in [-0.39, 0.29) is 18.1 Å². The van der Waals surface area contributed by atoms with Crippen LogP contribution in [0.4, 0.5) is 0 Å². The minimum atomic E-state index is -0.0634. The number of aryl methyl sites for hydroxylation is 2. The first kappa shape index (κ1) is 14.8. The molecule has 0 aromatic carbocycles. The van der Waals surface area contributed by atoms with Crippen LogP contribution in [0.3, 0.4) is 0 Å². The van der Waals surface area contributed by atoms with Gasteiger partial charge in [-0.2, -0.15) is 5.10 Å². The molecule has 7 nitrogen and oxygen atoms in total. The lowest BCUT2D eigenvalue weighted by atomic mass is 9.91. The number of fused-ring (bicyclic) bond motifs is 1.